The smallest absolute Gasteiger partial charge is 0.194 e. The molecular weight excluding hydrogens is 425 g/mol. The zero-order chi connectivity index (χ0) is 16.9. The molecule has 2 heterocycles. The van der Waals surface area contributed by atoms with E-state index in [1.807, 2.05) is 17.9 Å². The average Bonchev–Trinajstić information content (AvgIpc) is 3.21. The van der Waals surface area contributed by atoms with E-state index in [1.54, 1.807) is 0 Å². The summed E-state index contributed by atoms with van der Waals surface area (Å²) in [4.78, 5) is 7.24. The van der Waals surface area contributed by atoms with Gasteiger partial charge in [0.15, 0.2) is 5.96 Å². The molecule has 2 aromatic rings. The van der Waals surface area contributed by atoms with Crippen LogP contribution in [0.2, 0.25) is 0 Å². The Kier molecular flexibility index (Phi) is 7.28. The number of aliphatic imine (C=N–C) groups is 1. The Labute approximate surface area is 167 Å². The van der Waals surface area contributed by atoms with E-state index in [-0.39, 0.29) is 24.0 Å². The lowest BCUT2D eigenvalue weighted by Crippen LogP contribution is -2.40. The minimum absolute atomic E-state index is 0. The molecule has 0 amide bonds. The summed E-state index contributed by atoms with van der Waals surface area (Å²) in [6, 6.07) is 8.46. The molecule has 0 spiro atoms. The predicted octanol–water partition coefficient (Wildman–Crippen LogP) is 3.30. The molecule has 1 N–H and O–H groups in total. The zero-order valence-corrected chi connectivity index (χ0v) is 17.6. The second kappa shape index (κ2) is 9.22. The first-order chi connectivity index (χ1) is 11.7. The summed E-state index contributed by atoms with van der Waals surface area (Å²) in [5, 5.41) is 7.75. The Morgan fingerprint density at radius 2 is 2.16 bits per heavy atom. The highest BCUT2D eigenvalue weighted by molar-refractivity contribution is 14.0. The van der Waals surface area contributed by atoms with Crippen LogP contribution in [0.25, 0.3) is 0 Å². The molecule has 5 nitrogen and oxygen atoms in total. The first kappa shape index (κ1) is 19.8. The van der Waals surface area contributed by atoms with Crippen LogP contribution in [0.15, 0.2) is 41.7 Å². The number of nitrogens with one attached hydrogen (secondary N) is 1. The van der Waals surface area contributed by atoms with E-state index < -0.39 is 0 Å². The number of guanidine groups is 1. The third kappa shape index (κ3) is 4.96. The van der Waals surface area contributed by atoms with Crippen molar-refractivity contribution in [1.82, 2.24) is 20.0 Å². The number of aryl methyl sites for hydroxylation is 2. The first-order valence-corrected chi connectivity index (χ1v) is 8.73. The van der Waals surface area contributed by atoms with Crippen molar-refractivity contribution in [3.8, 4) is 0 Å². The van der Waals surface area contributed by atoms with Gasteiger partial charge in [-0.15, -0.1) is 24.0 Å². The number of aromatic nitrogens is 2. The van der Waals surface area contributed by atoms with Crippen LogP contribution in [-0.2, 0) is 13.6 Å². The van der Waals surface area contributed by atoms with Crippen molar-refractivity contribution in [2.45, 2.75) is 32.7 Å². The van der Waals surface area contributed by atoms with Gasteiger partial charge in [0.25, 0.3) is 0 Å². The lowest BCUT2D eigenvalue weighted by molar-refractivity contribution is 0.486. The van der Waals surface area contributed by atoms with Gasteiger partial charge in [-0.25, -0.2) is 4.99 Å². The van der Waals surface area contributed by atoms with Crippen LogP contribution < -0.4 is 5.32 Å². The fraction of sp³-hybridized carbons (Fsp3) is 0.474. The molecule has 0 bridgehead atoms. The maximum atomic E-state index is 4.87. The fourth-order valence-electron chi connectivity index (χ4n) is 3.25. The average molecular weight is 453 g/mol. The Hall–Kier alpha value is -1.57. The summed E-state index contributed by atoms with van der Waals surface area (Å²) < 4.78 is 1.88. The topological polar surface area (TPSA) is 45.5 Å². The standard InChI is InChI=1S/C19H27N5.HI/c1-4-20-19(21-11-16-8-6-5-7-15(16)2)24-10-9-17(14-24)18-12-22-23(3)13-18;/h5-8,12-13,17H,4,9-11,14H2,1-3H3,(H,20,21);1H. The van der Waals surface area contributed by atoms with Crippen molar-refractivity contribution < 1.29 is 0 Å². The van der Waals surface area contributed by atoms with Crippen LogP contribution >= 0.6 is 24.0 Å². The fourth-order valence-corrected chi connectivity index (χ4v) is 3.25. The molecule has 1 aromatic heterocycles. The third-order valence-electron chi connectivity index (χ3n) is 4.68. The van der Waals surface area contributed by atoms with Crippen molar-refractivity contribution in [2.75, 3.05) is 19.6 Å². The van der Waals surface area contributed by atoms with Gasteiger partial charge in [0.05, 0.1) is 12.7 Å². The van der Waals surface area contributed by atoms with Gasteiger partial charge < -0.3 is 10.2 Å². The molecule has 0 aliphatic carbocycles. The van der Waals surface area contributed by atoms with Gasteiger partial charge in [-0.2, -0.15) is 5.10 Å². The van der Waals surface area contributed by atoms with E-state index in [0.29, 0.717) is 5.92 Å². The van der Waals surface area contributed by atoms with Gasteiger partial charge in [0.1, 0.15) is 0 Å². The van der Waals surface area contributed by atoms with Crippen LogP contribution in [0.3, 0.4) is 0 Å². The molecule has 1 fully saturated rings. The molecule has 1 aliphatic rings. The van der Waals surface area contributed by atoms with E-state index in [4.69, 9.17) is 4.99 Å². The summed E-state index contributed by atoms with van der Waals surface area (Å²) in [5.74, 6) is 1.56. The molecular formula is C19H28IN5. The Morgan fingerprint density at radius 3 is 2.84 bits per heavy atom. The number of hydrogen-bond donors (Lipinski definition) is 1. The molecule has 1 atom stereocenters. The van der Waals surface area contributed by atoms with E-state index in [9.17, 15) is 0 Å². The summed E-state index contributed by atoms with van der Waals surface area (Å²) in [6.07, 6.45) is 5.28. The summed E-state index contributed by atoms with van der Waals surface area (Å²) >= 11 is 0. The van der Waals surface area contributed by atoms with Crippen LogP contribution in [-0.4, -0.2) is 40.3 Å². The summed E-state index contributed by atoms with van der Waals surface area (Å²) in [5.41, 5.74) is 3.91. The maximum absolute atomic E-state index is 4.87. The first-order valence-electron chi connectivity index (χ1n) is 8.73. The minimum Gasteiger partial charge on any atom is -0.357 e. The van der Waals surface area contributed by atoms with Crippen molar-refractivity contribution in [1.29, 1.82) is 0 Å². The SMILES string of the molecule is CCNC(=NCc1ccccc1C)N1CCC(c2cnn(C)c2)C1.I. The van der Waals surface area contributed by atoms with Crippen molar-refractivity contribution >= 4 is 29.9 Å². The van der Waals surface area contributed by atoms with Crippen LogP contribution in [0.4, 0.5) is 0 Å². The number of halogens is 1. The second-order valence-corrected chi connectivity index (χ2v) is 6.48. The molecule has 0 saturated carbocycles. The summed E-state index contributed by atoms with van der Waals surface area (Å²) in [7, 11) is 1.98. The highest BCUT2D eigenvalue weighted by atomic mass is 127. The lowest BCUT2D eigenvalue weighted by Gasteiger charge is -2.21. The largest absolute Gasteiger partial charge is 0.357 e. The maximum Gasteiger partial charge on any atom is 0.194 e. The van der Waals surface area contributed by atoms with Gasteiger partial charge in [-0.05, 0) is 37.0 Å². The molecule has 6 heteroatoms. The molecule has 1 aliphatic heterocycles. The highest BCUT2D eigenvalue weighted by Crippen LogP contribution is 2.26. The van der Waals surface area contributed by atoms with Gasteiger partial charge in [0, 0.05) is 38.8 Å². The molecule has 1 unspecified atom stereocenters. The predicted molar refractivity (Wildman–Crippen MR) is 114 cm³/mol. The normalized spacial score (nSPS) is 17.5. The Balaban J connectivity index is 0.00000225. The number of likely N-dealkylation sites (tertiary alicyclic amines) is 1. The number of hydrogen-bond acceptors (Lipinski definition) is 2. The van der Waals surface area contributed by atoms with Gasteiger partial charge in [-0.3, -0.25) is 4.68 Å². The van der Waals surface area contributed by atoms with E-state index >= 15 is 0 Å². The molecule has 136 valence electrons. The van der Waals surface area contributed by atoms with E-state index in [0.717, 1.165) is 38.6 Å². The quantitative estimate of drug-likeness (QED) is 0.439. The van der Waals surface area contributed by atoms with E-state index in [1.165, 1.54) is 16.7 Å². The lowest BCUT2D eigenvalue weighted by atomic mass is 10.0. The third-order valence-corrected chi connectivity index (χ3v) is 4.68. The zero-order valence-electron chi connectivity index (χ0n) is 15.3. The van der Waals surface area contributed by atoms with Gasteiger partial charge in [0.2, 0.25) is 0 Å². The van der Waals surface area contributed by atoms with Crippen molar-refractivity contribution in [2.24, 2.45) is 12.0 Å². The van der Waals surface area contributed by atoms with Gasteiger partial charge in [-0.1, -0.05) is 24.3 Å². The Morgan fingerprint density at radius 1 is 1.36 bits per heavy atom. The van der Waals surface area contributed by atoms with E-state index in [2.05, 4.69) is 59.6 Å². The van der Waals surface area contributed by atoms with Crippen LogP contribution in [0, 0.1) is 6.92 Å². The molecule has 0 radical (unpaired) electrons. The van der Waals surface area contributed by atoms with Crippen molar-refractivity contribution in [3.63, 3.8) is 0 Å². The van der Waals surface area contributed by atoms with Crippen molar-refractivity contribution in [3.05, 3.63) is 53.3 Å². The number of rotatable bonds is 4. The van der Waals surface area contributed by atoms with Crippen LogP contribution in [0.1, 0.15) is 36.0 Å². The Bertz CT molecular complexity index is 709. The number of benzene rings is 1. The second-order valence-electron chi connectivity index (χ2n) is 6.48. The minimum atomic E-state index is 0. The molecule has 25 heavy (non-hydrogen) atoms. The molecule has 1 saturated heterocycles. The van der Waals surface area contributed by atoms with Gasteiger partial charge >= 0.3 is 0 Å². The summed E-state index contributed by atoms with van der Waals surface area (Å²) in [6.45, 7) is 7.93. The highest BCUT2D eigenvalue weighted by Gasteiger charge is 2.26. The van der Waals surface area contributed by atoms with Crippen LogP contribution in [0.5, 0.6) is 0 Å². The molecule has 1 aromatic carbocycles. The monoisotopic (exact) mass is 453 g/mol. The number of nitrogens with zero attached hydrogens (tertiary/aromatic N) is 4. The molecule has 3 rings (SSSR count).